The highest BCUT2D eigenvalue weighted by Crippen LogP contribution is 2.21. The van der Waals surface area contributed by atoms with E-state index >= 15 is 0 Å². The number of nitrogens with one attached hydrogen (secondary N) is 1. The SMILES string of the molecule is Oc1ccccc1CNc1ccc(-c2nnco2)cc1. The van der Waals surface area contributed by atoms with Crippen LogP contribution in [0.3, 0.4) is 0 Å². The van der Waals surface area contributed by atoms with Crippen LogP contribution in [0.25, 0.3) is 11.5 Å². The van der Waals surface area contributed by atoms with E-state index in [2.05, 4.69) is 15.5 Å². The summed E-state index contributed by atoms with van der Waals surface area (Å²) in [6.07, 6.45) is 1.31. The van der Waals surface area contributed by atoms with Crippen molar-refractivity contribution in [2.45, 2.75) is 6.54 Å². The van der Waals surface area contributed by atoms with E-state index in [0.717, 1.165) is 16.8 Å². The molecular weight excluding hydrogens is 254 g/mol. The summed E-state index contributed by atoms with van der Waals surface area (Å²) in [5, 5.41) is 20.4. The van der Waals surface area contributed by atoms with Gasteiger partial charge in [-0.3, -0.25) is 0 Å². The van der Waals surface area contributed by atoms with Gasteiger partial charge in [0.1, 0.15) is 5.75 Å². The third-order valence-electron chi connectivity index (χ3n) is 2.97. The lowest BCUT2D eigenvalue weighted by molar-refractivity contribution is 0.469. The molecule has 2 N–H and O–H groups in total. The Morgan fingerprint density at radius 2 is 1.85 bits per heavy atom. The molecule has 1 aromatic heterocycles. The second-order valence-corrected chi connectivity index (χ2v) is 4.30. The lowest BCUT2D eigenvalue weighted by Gasteiger charge is -2.08. The predicted octanol–water partition coefficient (Wildman–Crippen LogP) is 3.05. The highest BCUT2D eigenvalue weighted by Gasteiger charge is 2.03. The molecule has 0 spiro atoms. The molecule has 20 heavy (non-hydrogen) atoms. The van der Waals surface area contributed by atoms with E-state index < -0.39 is 0 Å². The molecule has 0 aliphatic heterocycles. The van der Waals surface area contributed by atoms with Crippen LogP contribution >= 0.6 is 0 Å². The fourth-order valence-electron chi connectivity index (χ4n) is 1.89. The minimum absolute atomic E-state index is 0.294. The first-order chi connectivity index (χ1) is 9.83. The van der Waals surface area contributed by atoms with Crippen LogP contribution in [0.5, 0.6) is 5.75 Å². The maximum atomic E-state index is 9.69. The van der Waals surface area contributed by atoms with Gasteiger partial charge in [0.25, 0.3) is 0 Å². The molecule has 0 radical (unpaired) electrons. The quantitative estimate of drug-likeness (QED) is 0.760. The number of hydrogen-bond acceptors (Lipinski definition) is 5. The van der Waals surface area contributed by atoms with E-state index in [4.69, 9.17) is 4.42 Å². The first-order valence-corrected chi connectivity index (χ1v) is 6.20. The number of benzene rings is 2. The van der Waals surface area contributed by atoms with Crippen LogP contribution in [0.2, 0.25) is 0 Å². The Morgan fingerprint density at radius 1 is 1.05 bits per heavy atom. The molecule has 100 valence electrons. The molecule has 0 fully saturated rings. The molecule has 5 nitrogen and oxygen atoms in total. The number of hydrogen-bond donors (Lipinski definition) is 2. The predicted molar refractivity (Wildman–Crippen MR) is 75.2 cm³/mol. The maximum Gasteiger partial charge on any atom is 0.247 e. The van der Waals surface area contributed by atoms with E-state index in [-0.39, 0.29) is 0 Å². The van der Waals surface area contributed by atoms with Gasteiger partial charge < -0.3 is 14.8 Å². The van der Waals surface area contributed by atoms with Gasteiger partial charge in [0.15, 0.2) is 0 Å². The molecule has 5 heteroatoms. The normalized spacial score (nSPS) is 10.4. The average molecular weight is 267 g/mol. The van der Waals surface area contributed by atoms with Gasteiger partial charge in [-0.05, 0) is 30.3 Å². The van der Waals surface area contributed by atoms with Crippen molar-refractivity contribution in [3.8, 4) is 17.2 Å². The number of rotatable bonds is 4. The fraction of sp³-hybridized carbons (Fsp3) is 0.0667. The van der Waals surface area contributed by atoms with Crippen LogP contribution < -0.4 is 5.32 Å². The third kappa shape index (κ3) is 2.61. The first kappa shape index (κ1) is 12.2. The number of anilines is 1. The zero-order valence-electron chi connectivity index (χ0n) is 10.7. The van der Waals surface area contributed by atoms with Crippen LogP contribution in [-0.4, -0.2) is 15.3 Å². The standard InChI is InChI=1S/C15H13N3O2/c19-14-4-2-1-3-12(14)9-16-13-7-5-11(6-8-13)15-18-17-10-20-15/h1-8,10,16,19H,9H2. The molecule has 0 atom stereocenters. The summed E-state index contributed by atoms with van der Waals surface area (Å²) in [5.74, 6) is 0.791. The van der Waals surface area contributed by atoms with Crippen molar-refractivity contribution in [2.24, 2.45) is 0 Å². The minimum Gasteiger partial charge on any atom is -0.508 e. The van der Waals surface area contributed by atoms with Gasteiger partial charge in [0.05, 0.1) is 0 Å². The zero-order chi connectivity index (χ0) is 13.8. The Morgan fingerprint density at radius 3 is 2.55 bits per heavy atom. The van der Waals surface area contributed by atoms with Gasteiger partial charge in [0.2, 0.25) is 12.3 Å². The topological polar surface area (TPSA) is 71.2 Å². The van der Waals surface area contributed by atoms with Crippen LogP contribution in [-0.2, 0) is 6.54 Å². The number of aromatic hydroxyl groups is 1. The number of phenolic OH excluding ortho intramolecular Hbond substituents is 1. The summed E-state index contributed by atoms with van der Waals surface area (Å²) in [7, 11) is 0. The van der Waals surface area contributed by atoms with E-state index in [1.807, 2.05) is 36.4 Å². The molecule has 0 unspecified atom stereocenters. The number of para-hydroxylation sites is 1. The van der Waals surface area contributed by atoms with Crippen molar-refractivity contribution >= 4 is 5.69 Å². The molecule has 3 rings (SSSR count). The van der Waals surface area contributed by atoms with Gasteiger partial charge in [-0.1, -0.05) is 18.2 Å². The Bertz CT molecular complexity index is 679. The van der Waals surface area contributed by atoms with E-state index in [9.17, 15) is 5.11 Å². The summed E-state index contributed by atoms with van der Waals surface area (Å²) in [6.45, 7) is 0.562. The van der Waals surface area contributed by atoms with Gasteiger partial charge in [0, 0.05) is 23.4 Å². The fourth-order valence-corrected chi connectivity index (χ4v) is 1.89. The Kier molecular flexibility index (Phi) is 3.33. The summed E-state index contributed by atoms with van der Waals surface area (Å²) in [6, 6.07) is 14.9. The van der Waals surface area contributed by atoms with Crippen LogP contribution in [0, 0.1) is 0 Å². The summed E-state index contributed by atoms with van der Waals surface area (Å²) < 4.78 is 5.13. The molecule has 3 aromatic rings. The summed E-state index contributed by atoms with van der Waals surface area (Å²) >= 11 is 0. The molecule has 0 bridgehead atoms. The summed E-state index contributed by atoms with van der Waals surface area (Å²) in [5.41, 5.74) is 2.68. The van der Waals surface area contributed by atoms with Crippen LogP contribution in [0.15, 0.2) is 59.3 Å². The molecule has 0 amide bonds. The van der Waals surface area contributed by atoms with Crippen molar-refractivity contribution in [1.82, 2.24) is 10.2 Å². The average Bonchev–Trinajstić information content (AvgIpc) is 3.01. The third-order valence-corrected chi connectivity index (χ3v) is 2.97. The van der Waals surface area contributed by atoms with Gasteiger partial charge >= 0.3 is 0 Å². The highest BCUT2D eigenvalue weighted by molar-refractivity contribution is 5.58. The molecule has 0 saturated carbocycles. The van der Waals surface area contributed by atoms with Crippen molar-refractivity contribution in [1.29, 1.82) is 0 Å². The van der Waals surface area contributed by atoms with Crippen molar-refractivity contribution < 1.29 is 9.52 Å². The highest BCUT2D eigenvalue weighted by atomic mass is 16.4. The Labute approximate surface area is 115 Å². The molecule has 0 aliphatic carbocycles. The Hall–Kier alpha value is -2.82. The monoisotopic (exact) mass is 267 g/mol. The molecule has 0 saturated heterocycles. The smallest absolute Gasteiger partial charge is 0.247 e. The lowest BCUT2D eigenvalue weighted by Crippen LogP contribution is -1.99. The second-order valence-electron chi connectivity index (χ2n) is 4.30. The number of phenols is 1. The van der Waals surface area contributed by atoms with E-state index in [1.165, 1.54) is 6.39 Å². The summed E-state index contributed by atoms with van der Waals surface area (Å²) in [4.78, 5) is 0. The van der Waals surface area contributed by atoms with Crippen LogP contribution in [0.1, 0.15) is 5.56 Å². The van der Waals surface area contributed by atoms with Gasteiger partial charge in [-0.15, -0.1) is 10.2 Å². The molecule has 2 aromatic carbocycles. The van der Waals surface area contributed by atoms with E-state index in [1.54, 1.807) is 12.1 Å². The molecule has 1 heterocycles. The van der Waals surface area contributed by atoms with Crippen molar-refractivity contribution in [3.63, 3.8) is 0 Å². The van der Waals surface area contributed by atoms with E-state index in [0.29, 0.717) is 18.2 Å². The van der Waals surface area contributed by atoms with Gasteiger partial charge in [-0.25, -0.2) is 0 Å². The minimum atomic E-state index is 0.294. The number of aromatic nitrogens is 2. The second kappa shape index (κ2) is 5.44. The molecule has 0 aliphatic rings. The first-order valence-electron chi connectivity index (χ1n) is 6.20. The zero-order valence-corrected chi connectivity index (χ0v) is 10.7. The van der Waals surface area contributed by atoms with Crippen molar-refractivity contribution in [2.75, 3.05) is 5.32 Å². The maximum absolute atomic E-state index is 9.69. The molecular formula is C15H13N3O2. The van der Waals surface area contributed by atoms with Crippen molar-refractivity contribution in [3.05, 3.63) is 60.5 Å². The largest absolute Gasteiger partial charge is 0.508 e. The van der Waals surface area contributed by atoms with Gasteiger partial charge in [-0.2, -0.15) is 0 Å². The Balaban J connectivity index is 1.68. The number of nitrogens with zero attached hydrogens (tertiary/aromatic N) is 2. The van der Waals surface area contributed by atoms with Crippen LogP contribution in [0.4, 0.5) is 5.69 Å². The lowest BCUT2D eigenvalue weighted by atomic mass is 10.2.